The van der Waals surface area contributed by atoms with Gasteiger partial charge in [-0.2, -0.15) is 5.10 Å². The fourth-order valence-electron chi connectivity index (χ4n) is 2.91. The Kier molecular flexibility index (Phi) is 5.15. The van der Waals surface area contributed by atoms with Gasteiger partial charge in [0.15, 0.2) is 5.69 Å². The van der Waals surface area contributed by atoms with E-state index >= 15 is 0 Å². The van der Waals surface area contributed by atoms with Crippen molar-refractivity contribution in [2.24, 2.45) is 0 Å². The highest BCUT2D eigenvalue weighted by molar-refractivity contribution is 6.30. The van der Waals surface area contributed by atoms with Gasteiger partial charge < -0.3 is 10.2 Å². The van der Waals surface area contributed by atoms with E-state index in [1.54, 1.807) is 29.2 Å². The van der Waals surface area contributed by atoms with Gasteiger partial charge in [0.2, 0.25) is 0 Å². The molecule has 0 saturated heterocycles. The van der Waals surface area contributed by atoms with Crippen molar-refractivity contribution in [3.63, 3.8) is 0 Å². The van der Waals surface area contributed by atoms with E-state index in [9.17, 15) is 9.59 Å². The Bertz CT molecular complexity index is 838. The lowest BCUT2D eigenvalue weighted by atomic mass is 9.99. The van der Waals surface area contributed by atoms with E-state index in [2.05, 4.69) is 15.5 Å². The minimum Gasteiger partial charge on any atom is -0.317 e. The Balaban J connectivity index is 1.81. The van der Waals surface area contributed by atoms with Crippen molar-refractivity contribution in [2.45, 2.75) is 25.9 Å². The van der Waals surface area contributed by atoms with Gasteiger partial charge in [0.1, 0.15) is 0 Å². The second kappa shape index (κ2) is 7.35. The second-order valence-electron chi connectivity index (χ2n) is 6.14. The molecule has 3 rings (SSSR count). The molecule has 1 aliphatic rings. The maximum atomic E-state index is 12.7. The van der Waals surface area contributed by atoms with Gasteiger partial charge in [0.25, 0.3) is 5.91 Å². The number of benzene rings is 1. The van der Waals surface area contributed by atoms with Gasteiger partial charge in [0, 0.05) is 41.5 Å². The molecule has 8 nitrogen and oxygen atoms in total. The molecule has 0 fully saturated rings. The first kappa shape index (κ1) is 18.2. The van der Waals surface area contributed by atoms with Gasteiger partial charge in [-0.3, -0.25) is 14.7 Å². The zero-order valence-electron chi connectivity index (χ0n) is 14.7. The molecule has 26 heavy (non-hydrogen) atoms. The molecule has 0 bridgehead atoms. The van der Waals surface area contributed by atoms with Crippen LogP contribution >= 0.6 is 11.6 Å². The van der Waals surface area contributed by atoms with Crippen molar-refractivity contribution in [2.75, 3.05) is 19.5 Å². The van der Waals surface area contributed by atoms with Gasteiger partial charge >= 0.3 is 6.03 Å². The largest absolute Gasteiger partial charge is 0.322 e. The first-order valence-corrected chi connectivity index (χ1v) is 8.50. The topological polar surface area (TPSA) is 90.6 Å². The summed E-state index contributed by atoms with van der Waals surface area (Å²) in [6, 6.07) is 6.64. The van der Waals surface area contributed by atoms with Crippen LogP contribution < -0.4 is 5.32 Å². The molecule has 2 heterocycles. The molecule has 2 aromatic rings. The third kappa shape index (κ3) is 3.51. The summed E-state index contributed by atoms with van der Waals surface area (Å²) in [6.45, 7) is 2.22. The number of H-pyrrole nitrogens is 1. The monoisotopic (exact) mass is 377 g/mol. The van der Waals surface area contributed by atoms with Gasteiger partial charge in [0.05, 0.1) is 13.7 Å². The molecule has 0 aliphatic carbocycles. The van der Waals surface area contributed by atoms with E-state index in [1.165, 1.54) is 14.2 Å². The maximum absolute atomic E-state index is 12.7. The minimum absolute atomic E-state index is 0.0507. The van der Waals surface area contributed by atoms with Crippen LogP contribution in [0.1, 0.15) is 28.7 Å². The number of carbonyl (C=O) groups is 2. The van der Waals surface area contributed by atoms with Gasteiger partial charge in [-0.25, -0.2) is 9.86 Å². The summed E-state index contributed by atoms with van der Waals surface area (Å²) in [5.74, 6) is -0.366. The number of aromatic nitrogens is 2. The van der Waals surface area contributed by atoms with Crippen molar-refractivity contribution in [1.82, 2.24) is 20.2 Å². The quantitative estimate of drug-likeness (QED) is 0.804. The molecule has 0 unspecified atom stereocenters. The summed E-state index contributed by atoms with van der Waals surface area (Å²) in [5.41, 5.74) is 2.44. The number of nitrogens with one attached hydrogen (secondary N) is 2. The maximum Gasteiger partial charge on any atom is 0.322 e. The van der Waals surface area contributed by atoms with E-state index in [0.717, 1.165) is 10.8 Å². The van der Waals surface area contributed by atoms with Crippen molar-refractivity contribution in [3.8, 4) is 0 Å². The number of hydrogen-bond donors (Lipinski definition) is 2. The molecule has 1 aromatic heterocycles. The number of hydroxylamine groups is 2. The van der Waals surface area contributed by atoms with Crippen LogP contribution in [0, 0.1) is 0 Å². The Morgan fingerprint density at radius 2 is 2.23 bits per heavy atom. The smallest absolute Gasteiger partial charge is 0.317 e. The summed E-state index contributed by atoms with van der Waals surface area (Å²) in [5, 5.41) is 11.5. The number of urea groups is 1. The molecule has 1 aromatic carbocycles. The number of anilines is 1. The molecular formula is C17H20ClN5O3. The first-order valence-electron chi connectivity index (χ1n) is 8.12. The number of aromatic amines is 1. The molecular weight excluding hydrogens is 358 g/mol. The van der Waals surface area contributed by atoms with Gasteiger partial charge in [-0.1, -0.05) is 17.7 Å². The SMILES string of the molecule is CON(C)C(=O)c1n[nH]c2c1CN(C(=O)Nc1cccc(Cl)c1)[C@H](C)C2. The molecule has 1 aliphatic heterocycles. The van der Waals surface area contributed by atoms with Gasteiger partial charge in [-0.15, -0.1) is 0 Å². The number of halogens is 1. The standard InChI is InChI=1S/C17H20ClN5O3/c1-10-7-14-13(15(21-20-14)16(24)22(2)26-3)9-23(10)17(25)19-12-6-4-5-11(18)8-12/h4-6,8,10H,7,9H2,1-3H3,(H,19,25)(H,20,21)/t10-/m1/s1. The Morgan fingerprint density at radius 3 is 2.92 bits per heavy atom. The molecule has 0 radical (unpaired) electrons. The predicted molar refractivity (Wildman–Crippen MR) is 96.9 cm³/mol. The summed E-state index contributed by atoms with van der Waals surface area (Å²) < 4.78 is 0. The number of fused-ring (bicyclic) bond motifs is 1. The molecule has 0 spiro atoms. The molecule has 0 saturated carbocycles. The number of amides is 3. The van der Waals surface area contributed by atoms with Crippen molar-refractivity contribution >= 4 is 29.2 Å². The van der Waals surface area contributed by atoms with E-state index in [1.807, 2.05) is 6.92 Å². The fourth-order valence-corrected chi connectivity index (χ4v) is 3.10. The van der Waals surface area contributed by atoms with Crippen LogP contribution in [0.5, 0.6) is 0 Å². The summed E-state index contributed by atoms with van der Waals surface area (Å²) in [7, 11) is 2.92. The number of carbonyl (C=O) groups excluding carboxylic acids is 2. The summed E-state index contributed by atoms with van der Waals surface area (Å²) in [6.07, 6.45) is 0.579. The molecule has 2 N–H and O–H groups in total. The van der Waals surface area contributed by atoms with Crippen molar-refractivity contribution in [3.05, 3.63) is 46.2 Å². The average Bonchev–Trinajstić information content (AvgIpc) is 3.02. The first-order chi connectivity index (χ1) is 12.4. The number of rotatable bonds is 3. The highest BCUT2D eigenvalue weighted by atomic mass is 35.5. The Labute approximate surface area is 156 Å². The van der Waals surface area contributed by atoms with E-state index in [0.29, 0.717) is 22.7 Å². The van der Waals surface area contributed by atoms with Crippen LogP contribution in [0.25, 0.3) is 0 Å². The highest BCUT2D eigenvalue weighted by Crippen LogP contribution is 2.26. The normalized spacial score (nSPS) is 16.2. The second-order valence-corrected chi connectivity index (χ2v) is 6.57. The van der Waals surface area contributed by atoms with Crippen molar-refractivity contribution < 1.29 is 14.4 Å². The van der Waals surface area contributed by atoms with Crippen LogP contribution in [-0.4, -0.2) is 52.3 Å². The third-order valence-electron chi connectivity index (χ3n) is 4.41. The van der Waals surface area contributed by atoms with E-state index < -0.39 is 0 Å². The summed E-state index contributed by atoms with van der Waals surface area (Å²) in [4.78, 5) is 31.7. The lowest BCUT2D eigenvalue weighted by Gasteiger charge is -2.33. The number of hydrogen-bond acceptors (Lipinski definition) is 4. The lowest BCUT2D eigenvalue weighted by molar-refractivity contribution is -0.0761. The third-order valence-corrected chi connectivity index (χ3v) is 4.65. The fraction of sp³-hybridized carbons (Fsp3) is 0.353. The predicted octanol–water partition coefficient (Wildman–Crippen LogP) is 2.68. The average molecular weight is 378 g/mol. The zero-order chi connectivity index (χ0) is 18.8. The van der Waals surface area contributed by atoms with Crippen LogP contribution in [0.2, 0.25) is 5.02 Å². The molecule has 9 heteroatoms. The number of nitrogens with zero attached hydrogens (tertiary/aromatic N) is 3. The Hall–Kier alpha value is -2.58. The Morgan fingerprint density at radius 1 is 1.46 bits per heavy atom. The van der Waals surface area contributed by atoms with E-state index in [4.69, 9.17) is 16.4 Å². The van der Waals surface area contributed by atoms with Crippen molar-refractivity contribution in [1.29, 1.82) is 0 Å². The molecule has 3 amide bonds. The highest BCUT2D eigenvalue weighted by Gasteiger charge is 2.33. The summed E-state index contributed by atoms with van der Waals surface area (Å²) >= 11 is 5.96. The van der Waals surface area contributed by atoms with Crippen LogP contribution in [-0.2, 0) is 17.8 Å². The van der Waals surface area contributed by atoms with E-state index in [-0.39, 0.29) is 30.2 Å². The van der Waals surface area contributed by atoms with Crippen LogP contribution in [0.15, 0.2) is 24.3 Å². The molecule has 1 atom stereocenters. The van der Waals surface area contributed by atoms with Crippen LogP contribution in [0.4, 0.5) is 10.5 Å². The zero-order valence-corrected chi connectivity index (χ0v) is 15.5. The lowest BCUT2D eigenvalue weighted by Crippen LogP contribution is -2.45. The minimum atomic E-state index is -0.366. The van der Waals surface area contributed by atoms with Gasteiger partial charge in [-0.05, 0) is 25.1 Å². The van der Waals surface area contributed by atoms with Crippen LogP contribution in [0.3, 0.4) is 0 Å². The molecule has 138 valence electrons.